The largest absolute Gasteiger partial charge is 0.409 e. The van der Waals surface area contributed by atoms with E-state index in [1.54, 1.807) is 18.2 Å². The van der Waals surface area contributed by atoms with Gasteiger partial charge in [0.15, 0.2) is 5.84 Å². The van der Waals surface area contributed by atoms with Crippen molar-refractivity contribution in [1.82, 2.24) is 0 Å². The normalized spacial score (nSPS) is 18.0. The standard InChI is InChI=1S/C13H15BrClN3O2/c14-9-4-3-8(15)7-10(9)17-12(19)13(11(16)18-20)5-1-2-6-13/h3-4,7,20H,1-2,5-6H2,(H2,16,18)(H,17,19). The molecule has 0 aliphatic heterocycles. The minimum absolute atomic E-state index is 0.0364. The van der Waals surface area contributed by atoms with Gasteiger partial charge in [0.25, 0.3) is 0 Å². The zero-order valence-electron chi connectivity index (χ0n) is 10.7. The molecule has 1 fully saturated rings. The summed E-state index contributed by atoms with van der Waals surface area (Å²) in [5.74, 6) is -0.307. The molecule has 2 rings (SSSR count). The van der Waals surface area contributed by atoms with E-state index >= 15 is 0 Å². The van der Waals surface area contributed by atoms with Crippen LogP contribution in [0.15, 0.2) is 27.8 Å². The van der Waals surface area contributed by atoms with Gasteiger partial charge < -0.3 is 16.3 Å². The number of oxime groups is 1. The molecule has 20 heavy (non-hydrogen) atoms. The first-order valence-corrected chi connectivity index (χ1v) is 7.41. The van der Waals surface area contributed by atoms with E-state index < -0.39 is 5.41 Å². The summed E-state index contributed by atoms with van der Waals surface area (Å²) in [6.07, 6.45) is 2.90. The van der Waals surface area contributed by atoms with E-state index in [9.17, 15) is 4.79 Å². The Morgan fingerprint density at radius 1 is 1.45 bits per heavy atom. The lowest BCUT2D eigenvalue weighted by atomic mass is 9.83. The van der Waals surface area contributed by atoms with Crippen LogP contribution in [0.3, 0.4) is 0 Å². The Morgan fingerprint density at radius 3 is 2.70 bits per heavy atom. The first kappa shape index (κ1) is 15.1. The molecule has 1 amide bonds. The summed E-state index contributed by atoms with van der Waals surface area (Å²) in [4.78, 5) is 12.6. The van der Waals surface area contributed by atoms with E-state index in [4.69, 9.17) is 22.5 Å². The van der Waals surface area contributed by atoms with Crippen LogP contribution < -0.4 is 11.1 Å². The summed E-state index contributed by atoms with van der Waals surface area (Å²) in [7, 11) is 0. The molecule has 5 nitrogen and oxygen atoms in total. The second-order valence-corrected chi connectivity index (χ2v) is 6.14. The highest BCUT2D eigenvalue weighted by Gasteiger charge is 2.45. The smallest absolute Gasteiger partial charge is 0.238 e. The number of nitrogens with zero attached hydrogens (tertiary/aromatic N) is 1. The maximum absolute atomic E-state index is 12.6. The van der Waals surface area contributed by atoms with Gasteiger partial charge in [-0.25, -0.2) is 0 Å². The molecule has 7 heteroatoms. The van der Waals surface area contributed by atoms with Crippen LogP contribution in [0, 0.1) is 5.41 Å². The Bertz CT molecular complexity index is 557. The van der Waals surface area contributed by atoms with E-state index in [-0.39, 0.29) is 11.7 Å². The van der Waals surface area contributed by atoms with Gasteiger partial charge in [-0.05, 0) is 47.0 Å². The zero-order valence-corrected chi connectivity index (χ0v) is 13.0. The van der Waals surface area contributed by atoms with Crippen LogP contribution in [-0.2, 0) is 4.79 Å². The van der Waals surface area contributed by atoms with Gasteiger partial charge in [0.1, 0.15) is 5.41 Å². The van der Waals surface area contributed by atoms with Crippen molar-refractivity contribution in [2.75, 3.05) is 5.32 Å². The minimum atomic E-state index is -0.934. The number of amidine groups is 1. The number of amides is 1. The van der Waals surface area contributed by atoms with E-state index in [1.165, 1.54) is 0 Å². The van der Waals surface area contributed by atoms with Crippen LogP contribution in [0.1, 0.15) is 25.7 Å². The first-order valence-electron chi connectivity index (χ1n) is 6.24. The Kier molecular flexibility index (Phi) is 4.55. The van der Waals surface area contributed by atoms with E-state index in [2.05, 4.69) is 26.4 Å². The average molecular weight is 361 g/mol. The van der Waals surface area contributed by atoms with Crippen molar-refractivity contribution in [3.63, 3.8) is 0 Å². The molecule has 1 aliphatic carbocycles. The highest BCUT2D eigenvalue weighted by atomic mass is 79.9. The molecule has 0 radical (unpaired) electrons. The topological polar surface area (TPSA) is 87.7 Å². The third kappa shape index (κ3) is 2.76. The van der Waals surface area contributed by atoms with Crippen LogP contribution in [0.4, 0.5) is 5.69 Å². The Morgan fingerprint density at radius 2 is 2.10 bits per heavy atom. The number of hydrogen-bond acceptors (Lipinski definition) is 3. The zero-order chi connectivity index (χ0) is 14.8. The van der Waals surface area contributed by atoms with Gasteiger partial charge in [0.2, 0.25) is 5.91 Å². The molecule has 1 aromatic rings. The lowest BCUT2D eigenvalue weighted by Gasteiger charge is -2.26. The van der Waals surface area contributed by atoms with Gasteiger partial charge in [-0.3, -0.25) is 4.79 Å². The van der Waals surface area contributed by atoms with E-state index in [0.29, 0.717) is 23.6 Å². The highest BCUT2D eigenvalue weighted by Crippen LogP contribution is 2.40. The second kappa shape index (κ2) is 6.01. The number of hydrogen-bond donors (Lipinski definition) is 3. The molecule has 0 aromatic heterocycles. The molecule has 0 atom stereocenters. The number of nitrogens with one attached hydrogen (secondary N) is 1. The van der Waals surface area contributed by atoms with Gasteiger partial charge in [0.05, 0.1) is 5.69 Å². The van der Waals surface area contributed by atoms with Crippen LogP contribution in [0.5, 0.6) is 0 Å². The summed E-state index contributed by atoms with van der Waals surface area (Å²) < 4.78 is 0.725. The van der Waals surface area contributed by atoms with Gasteiger partial charge in [0, 0.05) is 9.50 Å². The van der Waals surface area contributed by atoms with Crippen LogP contribution in [0.25, 0.3) is 0 Å². The molecule has 1 saturated carbocycles. The summed E-state index contributed by atoms with van der Waals surface area (Å²) in [6, 6.07) is 5.12. The van der Waals surface area contributed by atoms with Crippen LogP contribution in [0.2, 0.25) is 5.02 Å². The van der Waals surface area contributed by atoms with Gasteiger partial charge in [-0.2, -0.15) is 0 Å². The van der Waals surface area contributed by atoms with Crippen molar-refractivity contribution in [3.05, 3.63) is 27.7 Å². The molecule has 0 bridgehead atoms. The van der Waals surface area contributed by atoms with Gasteiger partial charge in [-0.1, -0.05) is 29.6 Å². The molecular formula is C13H15BrClN3O2. The van der Waals surface area contributed by atoms with Crippen LogP contribution in [-0.4, -0.2) is 17.0 Å². The molecular weight excluding hydrogens is 346 g/mol. The maximum Gasteiger partial charge on any atom is 0.238 e. The summed E-state index contributed by atoms with van der Waals surface area (Å²) >= 11 is 9.28. The monoisotopic (exact) mass is 359 g/mol. The fourth-order valence-electron chi connectivity index (χ4n) is 2.51. The fourth-order valence-corrected chi connectivity index (χ4v) is 3.03. The van der Waals surface area contributed by atoms with Crippen molar-refractivity contribution in [2.45, 2.75) is 25.7 Å². The van der Waals surface area contributed by atoms with Gasteiger partial charge in [-0.15, -0.1) is 0 Å². The maximum atomic E-state index is 12.6. The first-order chi connectivity index (χ1) is 9.49. The van der Waals surface area contributed by atoms with Crippen molar-refractivity contribution in [2.24, 2.45) is 16.3 Å². The summed E-state index contributed by atoms with van der Waals surface area (Å²) in [5, 5.41) is 15.3. The molecule has 1 aromatic carbocycles. The number of rotatable bonds is 3. The number of halogens is 2. The third-order valence-corrected chi connectivity index (χ3v) is 4.59. The average Bonchev–Trinajstić information content (AvgIpc) is 2.92. The van der Waals surface area contributed by atoms with Gasteiger partial charge >= 0.3 is 0 Å². The van der Waals surface area contributed by atoms with Crippen molar-refractivity contribution in [3.8, 4) is 0 Å². The molecule has 4 N–H and O–H groups in total. The fraction of sp³-hybridized carbons (Fsp3) is 0.385. The molecule has 1 aliphatic rings. The second-order valence-electron chi connectivity index (χ2n) is 4.85. The van der Waals surface area contributed by atoms with Crippen molar-refractivity contribution < 1.29 is 10.0 Å². The van der Waals surface area contributed by atoms with E-state index in [1.807, 2.05) is 0 Å². The summed E-state index contributed by atoms with van der Waals surface area (Å²) in [5.41, 5.74) is 5.37. The van der Waals surface area contributed by atoms with Crippen molar-refractivity contribution in [1.29, 1.82) is 0 Å². The number of anilines is 1. The van der Waals surface area contributed by atoms with E-state index in [0.717, 1.165) is 17.3 Å². The molecule has 0 heterocycles. The molecule has 0 spiro atoms. The number of carbonyl (C=O) groups excluding carboxylic acids is 1. The van der Waals surface area contributed by atoms with Crippen LogP contribution >= 0.6 is 27.5 Å². The Hall–Kier alpha value is -1.27. The predicted molar refractivity (Wildman–Crippen MR) is 82.1 cm³/mol. The molecule has 0 unspecified atom stereocenters. The molecule has 108 valence electrons. The third-order valence-electron chi connectivity index (χ3n) is 3.67. The molecule has 0 saturated heterocycles. The summed E-state index contributed by atoms with van der Waals surface area (Å²) in [6.45, 7) is 0. The lowest BCUT2D eigenvalue weighted by molar-refractivity contribution is -0.122. The number of carbonyl (C=O) groups is 1. The highest BCUT2D eigenvalue weighted by molar-refractivity contribution is 9.10. The number of benzene rings is 1. The Labute approximate surface area is 130 Å². The minimum Gasteiger partial charge on any atom is -0.409 e. The van der Waals surface area contributed by atoms with Crippen molar-refractivity contribution >= 4 is 45.0 Å². The SMILES string of the molecule is N/C(=N/O)C1(C(=O)Nc2cc(Cl)ccc2Br)CCCC1. The Balaban J connectivity index is 2.28. The lowest BCUT2D eigenvalue weighted by Crippen LogP contribution is -2.45. The number of nitrogens with two attached hydrogens (primary N) is 1. The predicted octanol–water partition coefficient (Wildman–Crippen LogP) is 3.35. The quantitative estimate of drug-likeness (QED) is 0.334.